The zero-order valence-electron chi connectivity index (χ0n) is 7.81. The average Bonchev–Trinajstić information content (AvgIpc) is 2.85. The Balaban J connectivity index is 2.09. The van der Waals surface area contributed by atoms with E-state index in [2.05, 4.69) is 10.4 Å². The first-order chi connectivity index (χ1) is 7.29. The number of halogens is 1. The van der Waals surface area contributed by atoms with Gasteiger partial charge in [-0.2, -0.15) is 0 Å². The van der Waals surface area contributed by atoms with E-state index < -0.39 is 0 Å². The molecule has 6 heteroatoms. The third-order valence-corrected chi connectivity index (χ3v) is 3.90. The topological polar surface area (TPSA) is 50.9 Å². The van der Waals surface area contributed by atoms with Crippen LogP contribution < -0.4 is 11.3 Å². The molecule has 3 N–H and O–H groups in total. The Morgan fingerprint density at radius 2 is 2.40 bits per heavy atom. The van der Waals surface area contributed by atoms with Gasteiger partial charge in [0.1, 0.15) is 0 Å². The van der Waals surface area contributed by atoms with E-state index in [-0.39, 0.29) is 6.04 Å². The Hall–Kier alpha value is -0.460. The Morgan fingerprint density at radius 3 is 2.93 bits per heavy atom. The molecule has 2 aromatic heterocycles. The molecule has 2 aromatic rings. The minimum absolute atomic E-state index is 0.0611. The molecule has 3 nitrogen and oxygen atoms in total. The van der Waals surface area contributed by atoms with Gasteiger partial charge in [0.05, 0.1) is 21.6 Å². The summed E-state index contributed by atoms with van der Waals surface area (Å²) in [6.45, 7) is 0. The number of aromatic nitrogens is 1. The van der Waals surface area contributed by atoms with Crippen LogP contribution in [0.5, 0.6) is 0 Å². The molecular formula is C9H10ClN3S2. The lowest BCUT2D eigenvalue weighted by Crippen LogP contribution is -2.29. The van der Waals surface area contributed by atoms with Crippen LogP contribution in [0, 0.1) is 0 Å². The molecule has 2 heterocycles. The molecule has 1 atom stereocenters. The van der Waals surface area contributed by atoms with E-state index in [4.69, 9.17) is 17.4 Å². The van der Waals surface area contributed by atoms with Crippen molar-refractivity contribution in [1.29, 1.82) is 0 Å². The van der Waals surface area contributed by atoms with E-state index in [1.807, 2.05) is 17.5 Å². The summed E-state index contributed by atoms with van der Waals surface area (Å²) in [5.74, 6) is 5.50. The number of thiophene rings is 1. The zero-order valence-corrected chi connectivity index (χ0v) is 10.2. The monoisotopic (exact) mass is 259 g/mol. The fourth-order valence-electron chi connectivity index (χ4n) is 1.31. The third kappa shape index (κ3) is 2.76. The van der Waals surface area contributed by atoms with E-state index >= 15 is 0 Å². The number of nitrogens with zero attached hydrogens (tertiary/aromatic N) is 1. The second kappa shape index (κ2) is 5.05. The van der Waals surface area contributed by atoms with Crippen LogP contribution in [-0.4, -0.2) is 4.98 Å². The Morgan fingerprint density at radius 1 is 1.53 bits per heavy atom. The Bertz CT molecular complexity index is 413. The van der Waals surface area contributed by atoms with Crippen molar-refractivity contribution >= 4 is 34.3 Å². The summed E-state index contributed by atoms with van der Waals surface area (Å²) < 4.78 is 0.805. The van der Waals surface area contributed by atoms with Gasteiger partial charge < -0.3 is 0 Å². The molecule has 0 aliphatic rings. The molecule has 15 heavy (non-hydrogen) atoms. The Kier molecular flexibility index (Phi) is 3.71. The SMILES string of the molecule is NNC(Cc1ccc(Cl)s1)c1cscn1. The highest BCUT2D eigenvalue weighted by molar-refractivity contribution is 7.16. The first kappa shape index (κ1) is 11.0. The van der Waals surface area contributed by atoms with Gasteiger partial charge in [0.25, 0.3) is 0 Å². The number of nitrogens with two attached hydrogens (primary N) is 1. The van der Waals surface area contributed by atoms with Crippen LogP contribution in [-0.2, 0) is 6.42 Å². The highest BCUT2D eigenvalue weighted by Gasteiger charge is 2.13. The summed E-state index contributed by atoms with van der Waals surface area (Å²) in [6.07, 6.45) is 0.817. The number of nitrogens with one attached hydrogen (secondary N) is 1. The van der Waals surface area contributed by atoms with Crippen molar-refractivity contribution in [2.75, 3.05) is 0 Å². The molecule has 0 saturated carbocycles. The van der Waals surface area contributed by atoms with Crippen LogP contribution >= 0.6 is 34.3 Å². The number of hydrazine groups is 1. The van der Waals surface area contributed by atoms with Gasteiger partial charge in [0, 0.05) is 16.7 Å². The molecule has 0 aromatic carbocycles. The minimum atomic E-state index is 0.0611. The molecule has 0 bridgehead atoms. The number of hydrogen-bond donors (Lipinski definition) is 2. The maximum atomic E-state index is 5.87. The van der Waals surface area contributed by atoms with Crippen molar-refractivity contribution in [3.05, 3.63) is 37.9 Å². The summed E-state index contributed by atoms with van der Waals surface area (Å²) in [7, 11) is 0. The lowest BCUT2D eigenvalue weighted by Gasteiger charge is -2.11. The quantitative estimate of drug-likeness (QED) is 0.656. The van der Waals surface area contributed by atoms with Crippen molar-refractivity contribution in [3.8, 4) is 0 Å². The second-order valence-corrected chi connectivity index (χ2v) is 5.56. The average molecular weight is 260 g/mol. The molecule has 0 radical (unpaired) electrons. The molecular weight excluding hydrogens is 250 g/mol. The summed E-state index contributed by atoms with van der Waals surface area (Å²) in [4.78, 5) is 5.44. The van der Waals surface area contributed by atoms with Gasteiger partial charge in [-0.05, 0) is 12.1 Å². The zero-order chi connectivity index (χ0) is 10.7. The van der Waals surface area contributed by atoms with Gasteiger partial charge in [-0.3, -0.25) is 11.3 Å². The predicted molar refractivity (Wildman–Crippen MR) is 65.2 cm³/mol. The molecule has 0 amide bonds. The van der Waals surface area contributed by atoms with Gasteiger partial charge in [-0.1, -0.05) is 11.6 Å². The standard InChI is InChI=1S/C9H10ClN3S2/c10-9-2-1-6(15-9)3-7(13-11)8-4-14-5-12-8/h1-2,4-5,7,13H,3,11H2. The van der Waals surface area contributed by atoms with Gasteiger partial charge >= 0.3 is 0 Å². The minimum Gasteiger partial charge on any atom is -0.271 e. The molecule has 80 valence electrons. The van der Waals surface area contributed by atoms with Gasteiger partial charge in [0.2, 0.25) is 0 Å². The van der Waals surface area contributed by atoms with E-state index in [0.717, 1.165) is 16.5 Å². The highest BCUT2D eigenvalue weighted by Crippen LogP contribution is 2.26. The number of hydrogen-bond acceptors (Lipinski definition) is 5. The lowest BCUT2D eigenvalue weighted by atomic mass is 10.1. The van der Waals surface area contributed by atoms with Gasteiger partial charge in [-0.15, -0.1) is 22.7 Å². The summed E-state index contributed by atoms with van der Waals surface area (Å²) >= 11 is 9.01. The molecule has 0 aliphatic carbocycles. The van der Waals surface area contributed by atoms with Crippen molar-refractivity contribution in [2.45, 2.75) is 12.5 Å². The van der Waals surface area contributed by atoms with E-state index in [0.29, 0.717) is 0 Å². The van der Waals surface area contributed by atoms with Crippen LogP contribution in [0.25, 0.3) is 0 Å². The van der Waals surface area contributed by atoms with E-state index in [1.54, 1.807) is 28.2 Å². The largest absolute Gasteiger partial charge is 0.271 e. The van der Waals surface area contributed by atoms with Gasteiger partial charge in [-0.25, -0.2) is 4.98 Å². The van der Waals surface area contributed by atoms with E-state index in [9.17, 15) is 0 Å². The normalized spacial score (nSPS) is 12.9. The number of rotatable bonds is 4. The second-order valence-electron chi connectivity index (χ2n) is 3.04. The van der Waals surface area contributed by atoms with Gasteiger partial charge in [0.15, 0.2) is 0 Å². The van der Waals surface area contributed by atoms with E-state index in [1.165, 1.54) is 4.88 Å². The first-order valence-electron chi connectivity index (χ1n) is 4.38. The van der Waals surface area contributed by atoms with Crippen molar-refractivity contribution in [2.24, 2.45) is 5.84 Å². The summed E-state index contributed by atoms with van der Waals surface area (Å²) in [5.41, 5.74) is 5.56. The lowest BCUT2D eigenvalue weighted by molar-refractivity contribution is 0.544. The maximum Gasteiger partial charge on any atom is 0.0931 e. The molecule has 1 unspecified atom stereocenters. The van der Waals surface area contributed by atoms with Crippen LogP contribution in [0.1, 0.15) is 16.6 Å². The first-order valence-corrected chi connectivity index (χ1v) is 6.51. The van der Waals surface area contributed by atoms with Crippen LogP contribution in [0.4, 0.5) is 0 Å². The summed E-state index contributed by atoms with van der Waals surface area (Å²) in [6, 6.07) is 3.98. The van der Waals surface area contributed by atoms with Crippen molar-refractivity contribution in [1.82, 2.24) is 10.4 Å². The van der Waals surface area contributed by atoms with Crippen LogP contribution in [0.2, 0.25) is 4.34 Å². The molecule has 0 aliphatic heterocycles. The smallest absolute Gasteiger partial charge is 0.0931 e. The van der Waals surface area contributed by atoms with Crippen molar-refractivity contribution < 1.29 is 0 Å². The predicted octanol–water partition coefficient (Wildman–Crippen LogP) is 2.61. The molecule has 0 spiro atoms. The fraction of sp³-hybridized carbons (Fsp3) is 0.222. The highest BCUT2D eigenvalue weighted by atomic mass is 35.5. The van der Waals surface area contributed by atoms with Crippen LogP contribution in [0.3, 0.4) is 0 Å². The maximum absolute atomic E-state index is 5.87. The molecule has 2 rings (SSSR count). The van der Waals surface area contributed by atoms with Crippen molar-refractivity contribution in [3.63, 3.8) is 0 Å². The fourth-order valence-corrected chi connectivity index (χ4v) is 3.05. The number of thiazole rings is 1. The molecule has 0 saturated heterocycles. The molecule has 0 fully saturated rings. The van der Waals surface area contributed by atoms with Crippen LogP contribution in [0.15, 0.2) is 23.0 Å². The summed E-state index contributed by atoms with van der Waals surface area (Å²) in [5, 5.41) is 2.00. The third-order valence-electron chi connectivity index (χ3n) is 2.04. The Labute approximate surface area is 101 Å².